The Morgan fingerprint density at radius 2 is 2.14 bits per heavy atom. The van der Waals surface area contributed by atoms with Crippen LogP contribution >= 0.6 is 0 Å². The number of rotatable bonds is 7. The summed E-state index contributed by atoms with van der Waals surface area (Å²) >= 11 is 0. The molecule has 1 atom stereocenters. The molecule has 21 heavy (non-hydrogen) atoms. The van der Waals surface area contributed by atoms with Crippen molar-refractivity contribution in [3.63, 3.8) is 0 Å². The van der Waals surface area contributed by atoms with Crippen molar-refractivity contribution in [1.82, 2.24) is 10.2 Å². The second kappa shape index (κ2) is 8.03. The van der Waals surface area contributed by atoms with Gasteiger partial charge < -0.3 is 15.0 Å². The van der Waals surface area contributed by atoms with E-state index in [4.69, 9.17) is 4.74 Å². The van der Waals surface area contributed by atoms with Crippen LogP contribution in [0.25, 0.3) is 0 Å². The topological polar surface area (TPSA) is 41.6 Å². The van der Waals surface area contributed by atoms with Crippen molar-refractivity contribution >= 4 is 5.91 Å². The van der Waals surface area contributed by atoms with Gasteiger partial charge in [-0.15, -0.1) is 0 Å². The summed E-state index contributed by atoms with van der Waals surface area (Å²) in [5.41, 5.74) is 1.13. The minimum atomic E-state index is 0.220. The molecule has 0 bridgehead atoms. The van der Waals surface area contributed by atoms with E-state index in [1.807, 2.05) is 43.1 Å². The standard InChI is InChI=1S/C17H26N2O2/c1-3-21-16-9-6-14(7-10-16)13-19(2)17(20)11-8-15-5-4-12-18-15/h6-7,9-10,15,18H,3-5,8,11-13H2,1-2H3. The molecule has 4 heteroatoms. The van der Waals surface area contributed by atoms with Crippen LogP contribution in [0.15, 0.2) is 24.3 Å². The lowest BCUT2D eigenvalue weighted by atomic mass is 10.1. The quantitative estimate of drug-likeness (QED) is 0.839. The van der Waals surface area contributed by atoms with Gasteiger partial charge in [-0.1, -0.05) is 12.1 Å². The second-order valence-electron chi connectivity index (χ2n) is 5.66. The number of carbonyl (C=O) groups is 1. The predicted molar refractivity (Wildman–Crippen MR) is 84.3 cm³/mol. The molecule has 1 N–H and O–H groups in total. The van der Waals surface area contributed by atoms with Crippen LogP contribution < -0.4 is 10.1 Å². The molecule has 116 valence electrons. The summed E-state index contributed by atoms with van der Waals surface area (Å²) < 4.78 is 5.42. The Bertz CT molecular complexity index is 439. The van der Waals surface area contributed by atoms with Gasteiger partial charge in [-0.25, -0.2) is 0 Å². The highest BCUT2D eigenvalue weighted by atomic mass is 16.5. The minimum Gasteiger partial charge on any atom is -0.494 e. The number of ether oxygens (including phenoxy) is 1. The third-order valence-corrected chi connectivity index (χ3v) is 3.95. The smallest absolute Gasteiger partial charge is 0.222 e. The zero-order valence-electron chi connectivity index (χ0n) is 13.1. The van der Waals surface area contributed by atoms with Crippen LogP contribution in [0.1, 0.15) is 38.2 Å². The molecule has 1 heterocycles. The molecule has 1 aliphatic heterocycles. The average Bonchev–Trinajstić information content (AvgIpc) is 3.00. The van der Waals surface area contributed by atoms with Crippen LogP contribution in [-0.4, -0.2) is 37.0 Å². The zero-order chi connectivity index (χ0) is 15.1. The maximum Gasteiger partial charge on any atom is 0.222 e. The van der Waals surface area contributed by atoms with E-state index in [1.54, 1.807) is 0 Å². The summed E-state index contributed by atoms with van der Waals surface area (Å²) in [7, 11) is 1.88. The number of nitrogens with zero attached hydrogens (tertiary/aromatic N) is 1. The molecule has 0 aliphatic carbocycles. The van der Waals surface area contributed by atoms with Gasteiger partial charge in [-0.05, 0) is 50.4 Å². The van der Waals surface area contributed by atoms with Crippen LogP contribution in [-0.2, 0) is 11.3 Å². The fourth-order valence-corrected chi connectivity index (χ4v) is 2.71. The number of hydrogen-bond acceptors (Lipinski definition) is 3. The lowest BCUT2D eigenvalue weighted by Crippen LogP contribution is -2.29. The van der Waals surface area contributed by atoms with Crippen molar-refractivity contribution in [3.05, 3.63) is 29.8 Å². The van der Waals surface area contributed by atoms with Gasteiger partial charge in [-0.2, -0.15) is 0 Å². The first-order chi connectivity index (χ1) is 10.2. The Balaban J connectivity index is 1.76. The van der Waals surface area contributed by atoms with E-state index >= 15 is 0 Å². The van der Waals surface area contributed by atoms with Crippen LogP contribution in [0.2, 0.25) is 0 Å². The number of hydrogen-bond donors (Lipinski definition) is 1. The molecule has 4 nitrogen and oxygen atoms in total. The Labute approximate surface area is 127 Å². The Morgan fingerprint density at radius 3 is 2.76 bits per heavy atom. The first kappa shape index (κ1) is 15.8. The summed E-state index contributed by atoms with van der Waals surface area (Å²) in [4.78, 5) is 14.0. The number of carbonyl (C=O) groups excluding carboxylic acids is 1. The fraction of sp³-hybridized carbons (Fsp3) is 0.588. The van der Waals surface area contributed by atoms with Crippen molar-refractivity contribution < 1.29 is 9.53 Å². The number of nitrogens with one attached hydrogen (secondary N) is 1. The molecule has 2 rings (SSSR count). The average molecular weight is 290 g/mol. The van der Waals surface area contributed by atoms with E-state index in [-0.39, 0.29) is 5.91 Å². The monoisotopic (exact) mass is 290 g/mol. The molecule has 1 aliphatic rings. The zero-order valence-corrected chi connectivity index (χ0v) is 13.1. The van der Waals surface area contributed by atoms with Crippen LogP contribution in [0, 0.1) is 0 Å². The normalized spacial score (nSPS) is 17.7. The molecular weight excluding hydrogens is 264 g/mol. The van der Waals surface area contributed by atoms with Crippen molar-refractivity contribution in [3.8, 4) is 5.75 Å². The molecule has 1 unspecified atom stereocenters. The van der Waals surface area contributed by atoms with Crippen molar-refractivity contribution in [2.45, 2.75) is 45.2 Å². The second-order valence-corrected chi connectivity index (χ2v) is 5.66. The van der Waals surface area contributed by atoms with E-state index in [2.05, 4.69) is 5.32 Å². The minimum absolute atomic E-state index is 0.220. The summed E-state index contributed by atoms with van der Waals surface area (Å²) in [6, 6.07) is 8.49. The van der Waals surface area contributed by atoms with Gasteiger partial charge in [0.15, 0.2) is 0 Å². The van der Waals surface area contributed by atoms with Crippen LogP contribution in [0.5, 0.6) is 5.75 Å². The molecule has 0 aromatic heterocycles. The highest BCUT2D eigenvalue weighted by Crippen LogP contribution is 2.15. The van der Waals surface area contributed by atoms with Gasteiger partial charge in [0.05, 0.1) is 6.61 Å². The third kappa shape index (κ3) is 5.05. The van der Waals surface area contributed by atoms with Crippen LogP contribution in [0.4, 0.5) is 0 Å². The lowest BCUT2D eigenvalue weighted by molar-refractivity contribution is -0.130. The van der Waals surface area contributed by atoms with Gasteiger partial charge in [0.25, 0.3) is 0 Å². The molecular formula is C17H26N2O2. The maximum absolute atomic E-state index is 12.1. The molecule has 0 spiro atoms. The first-order valence-electron chi connectivity index (χ1n) is 7.88. The fourth-order valence-electron chi connectivity index (χ4n) is 2.71. The molecule has 0 saturated carbocycles. The van der Waals surface area contributed by atoms with Crippen molar-refractivity contribution in [2.24, 2.45) is 0 Å². The van der Waals surface area contributed by atoms with E-state index in [0.29, 0.717) is 25.6 Å². The Morgan fingerprint density at radius 1 is 1.38 bits per heavy atom. The van der Waals surface area contributed by atoms with E-state index in [0.717, 1.165) is 24.3 Å². The molecule has 1 amide bonds. The summed E-state index contributed by atoms with van der Waals surface area (Å²) in [6.07, 6.45) is 4.02. The molecule has 1 aromatic rings. The van der Waals surface area contributed by atoms with Crippen molar-refractivity contribution in [2.75, 3.05) is 20.2 Å². The number of benzene rings is 1. The molecule has 1 fully saturated rings. The Hall–Kier alpha value is -1.55. The summed E-state index contributed by atoms with van der Waals surface area (Å²) in [6.45, 7) is 4.40. The molecule has 1 aromatic carbocycles. The van der Waals surface area contributed by atoms with Gasteiger partial charge in [-0.3, -0.25) is 4.79 Å². The lowest BCUT2D eigenvalue weighted by Gasteiger charge is -2.18. The maximum atomic E-state index is 12.1. The SMILES string of the molecule is CCOc1ccc(CN(C)C(=O)CCC2CCCN2)cc1. The summed E-state index contributed by atoms with van der Waals surface area (Å²) in [5, 5.41) is 3.43. The van der Waals surface area contributed by atoms with E-state index < -0.39 is 0 Å². The molecule has 1 saturated heterocycles. The van der Waals surface area contributed by atoms with E-state index in [9.17, 15) is 4.79 Å². The van der Waals surface area contributed by atoms with E-state index in [1.165, 1.54) is 12.8 Å². The largest absolute Gasteiger partial charge is 0.494 e. The highest BCUT2D eigenvalue weighted by Gasteiger charge is 2.17. The number of amides is 1. The highest BCUT2D eigenvalue weighted by molar-refractivity contribution is 5.75. The van der Waals surface area contributed by atoms with Gasteiger partial charge in [0.2, 0.25) is 5.91 Å². The Kier molecular flexibility index (Phi) is 6.05. The first-order valence-corrected chi connectivity index (χ1v) is 7.88. The summed E-state index contributed by atoms with van der Waals surface area (Å²) in [5.74, 6) is 1.10. The van der Waals surface area contributed by atoms with Crippen molar-refractivity contribution in [1.29, 1.82) is 0 Å². The third-order valence-electron chi connectivity index (χ3n) is 3.95. The van der Waals surface area contributed by atoms with Gasteiger partial charge >= 0.3 is 0 Å². The predicted octanol–water partition coefficient (Wildman–Crippen LogP) is 2.58. The van der Waals surface area contributed by atoms with Gasteiger partial charge in [0.1, 0.15) is 5.75 Å². The van der Waals surface area contributed by atoms with Gasteiger partial charge in [0, 0.05) is 26.1 Å². The van der Waals surface area contributed by atoms with Crippen LogP contribution in [0.3, 0.4) is 0 Å². The molecule has 0 radical (unpaired) electrons.